The molecule has 25 nitrogen and oxygen atoms in total. The van der Waals surface area contributed by atoms with Gasteiger partial charge in [0, 0.05) is 55.3 Å². The Kier molecular flexibility index (Phi) is 32.4. The number of carbonyl (C=O) groups excluding carboxylic acids is 12. The molecule has 0 saturated carbocycles. The molecule has 12 amide bonds. The number of nitrogens with zero attached hydrogens (tertiary/aromatic N) is 7. The first-order valence-corrected chi connectivity index (χ1v) is 30.3. The second-order valence-electron chi connectivity index (χ2n) is 25.6. The van der Waals surface area contributed by atoms with Gasteiger partial charge in [-0.2, -0.15) is 0 Å². The van der Waals surface area contributed by atoms with E-state index in [1.807, 2.05) is 76.2 Å². The molecule has 0 radical (unpaired) electrons. The summed E-state index contributed by atoms with van der Waals surface area (Å²) in [5.74, 6) is -9.88. The monoisotopic (exact) mass is 1200 g/mol. The number of aliphatic hydroxyl groups excluding tert-OH is 1. The van der Waals surface area contributed by atoms with Crippen molar-refractivity contribution < 1.29 is 62.6 Å². The number of rotatable bonds is 18. The van der Waals surface area contributed by atoms with E-state index in [4.69, 9.17) is 5.73 Å². The molecule has 0 unspecified atom stereocenters. The van der Waals surface area contributed by atoms with Crippen LogP contribution < -0.4 is 27.0 Å². The molecule has 1 saturated heterocycles. The van der Waals surface area contributed by atoms with Gasteiger partial charge in [0.15, 0.2) is 0 Å². The molecule has 0 spiro atoms. The Morgan fingerprint density at radius 2 is 0.859 bits per heavy atom. The predicted octanol–water partition coefficient (Wildman–Crippen LogP) is 1.33. The molecule has 1 fully saturated rings. The van der Waals surface area contributed by atoms with Crippen molar-refractivity contribution in [1.82, 2.24) is 55.6 Å². The average molecular weight is 1210 g/mol. The van der Waals surface area contributed by atoms with Crippen LogP contribution in [0, 0.1) is 35.5 Å². The molecule has 0 aliphatic carbocycles. The van der Waals surface area contributed by atoms with Crippen molar-refractivity contribution in [3.63, 3.8) is 0 Å². The second-order valence-corrected chi connectivity index (χ2v) is 25.6. The highest BCUT2D eigenvalue weighted by Crippen LogP contribution is 2.23. The van der Waals surface area contributed by atoms with E-state index in [1.54, 1.807) is 13.8 Å². The van der Waals surface area contributed by atoms with Crippen molar-refractivity contribution in [2.24, 2.45) is 41.2 Å². The smallest absolute Gasteiger partial charge is 0.245 e. The van der Waals surface area contributed by atoms with E-state index in [1.165, 1.54) is 73.7 Å². The zero-order valence-corrected chi connectivity index (χ0v) is 54.9. The number of carbonyl (C=O) groups is 12. The molecule has 1 rings (SSSR count). The Hall–Kier alpha value is -6.40. The van der Waals surface area contributed by atoms with Crippen LogP contribution in [0.15, 0.2) is 0 Å². The lowest BCUT2D eigenvalue weighted by molar-refractivity contribution is -0.153. The van der Waals surface area contributed by atoms with Gasteiger partial charge in [0.2, 0.25) is 70.9 Å². The number of nitrogens with one attached hydrogen (secondary N) is 4. The molecule has 0 aromatic carbocycles. The Labute approximate surface area is 506 Å². The summed E-state index contributed by atoms with van der Waals surface area (Å²) in [6.45, 7) is 22.9. The van der Waals surface area contributed by atoms with E-state index in [0.29, 0.717) is 6.42 Å². The van der Waals surface area contributed by atoms with Crippen molar-refractivity contribution in [2.45, 2.75) is 209 Å². The first-order valence-electron chi connectivity index (χ1n) is 30.3. The normalized spacial score (nSPS) is 25.1. The number of primary amides is 1. The van der Waals surface area contributed by atoms with E-state index in [-0.39, 0.29) is 87.5 Å². The van der Waals surface area contributed by atoms with Crippen LogP contribution in [0.5, 0.6) is 0 Å². The zero-order valence-electron chi connectivity index (χ0n) is 54.9. The van der Waals surface area contributed by atoms with Gasteiger partial charge in [0.05, 0.1) is 19.7 Å². The maximum atomic E-state index is 15.0. The van der Waals surface area contributed by atoms with Crippen molar-refractivity contribution in [3.05, 3.63) is 0 Å². The second kappa shape index (κ2) is 35.9. The Balaban J connectivity index is 4.29. The van der Waals surface area contributed by atoms with Gasteiger partial charge in [0.25, 0.3) is 0 Å². The van der Waals surface area contributed by atoms with E-state index in [0.717, 1.165) is 9.80 Å². The minimum absolute atomic E-state index is 0.0683. The van der Waals surface area contributed by atoms with Crippen molar-refractivity contribution in [3.8, 4) is 0 Å². The van der Waals surface area contributed by atoms with Crippen LogP contribution in [-0.2, 0) is 57.5 Å². The molecule has 0 aromatic heterocycles. The lowest BCUT2D eigenvalue weighted by atomic mass is 9.96. The minimum Gasteiger partial charge on any atom is -0.395 e. The molecule has 85 heavy (non-hydrogen) atoms. The van der Waals surface area contributed by atoms with Crippen molar-refractivity contribution >= 4 is 70.9 Å². The fraction of sp³-hybridized carbons (Fsp3) is 0.800. The molecule has 0 aromatic rings. The van der Waals surface area contributed by atoms with Crippen LogP contribution in [0.2, 0.25) is 0 Å². The molecule has 1 aliphatic heterocycles. The van der Waals surface area contributed by atoms with Gasteiger partial charge in [-0.05, 0) is 87.4 Å². The van der Waals surface area contributed by atoms with Gasteiger partial charge in [0.1, 0.15) is 54.4 Å². The maximum absolute atomic E-state index is 15.0. The summed E-state index contributed by atoms with van der Waals surface area (Å²) in [5, 5.41) is 21.1. The van der Waals surface area contributed by atoms with E-state index < -0.39 is 151 Å². The predicted molar refractivity (Wildman–Crippen MR) is 323 cm³/mol. The summed E-state index contributed by atoms with van der Waals surface area (Å²) in [7, 11) is 8.51. The number of hydrogen-bond acceptors (Lipinski definition) is 13. The van der Waals surface area contributed by atoms with Crippen LogP contribution in [0.4, 0.5) is 0 Å². The molecular formula is C60H108N12O13. The lowest BCUT2D eigenvalue weighted by Crippen LogP contribution is -2.61. The van der Waals surface area contributed by atoms with Gasteiger partial charge in [-0.25, -0.2) is 0 Å². The van der Waals surface area contributed by atoms with Crippen molar-refractivity contribution in [1.29, 1.82) is 0 Å². The number of β-amino-alcohol motifs (C(OH)–C–C–N with tert-alkyl or cyclic N) is 1. The summed E-state index contributed by atoms with van der Waals surface area (Å²) >= 11 is 0. The third kappa shape index (κ3) is 23.8. The number of amides is 12. The fourth-order valence-electron chi connectivity index (χ4n) is 10.3. The quantitative estimate of drug-likeness (QED) is 0.113. The fourth-order valence-corrected chi connectivity index (χ4v) is 10.3. The van der Waals surface area contributed by atoms with Crippen LogP contribution in [0.25, 0.3) is 0 Å². The molecule has 25 heteroatoms. The summed E-state index contributed by atoms with van der Waals surface area (Å²) in [5.41, 5.74) is 5.51. The van der Waals surface area contributed by atoms with Crippen molar-refractivity contribution in [2.75, 3.05) is 68.5 Å². The molecule has 0 bridgehead atoms. The first-order chi connectivity index (χ1) is 39.3. The molecule has 7 N–H and O–H groups in total. The largest absolute Gasteiger partial charge is 0.395 e. The maximum Gasteiger partial charge on any atom is 0.245 e. The van der Waals surface area contributed by atoms with Gasteiger partial charge in [-0.3, -0.25) is 57.5 Å². The summed E-state index contributed by atoms with van der Waals surface area (Å²) in [6, 6.07) is -11.1. The van der Waals surface area contributed by atoms with Gasteiger partial charge in [-0.1, -0.05) is 96.4 Å². The van der Waals surface area contributed by atoms with Gasteiger partial charge >= 0.3 is 0 Å². The van der Waals surface area contributed by atoms with Crippen LogP contribution >= 0.6 is 0 Å². The summed E-state index contributed by atoms with van der Waals surface area (Å²) in [6.07, 6.45) is 0.540. The first kappa shape index (κ1) is 76.6. The Bertz CT molecular complexity index is 2290. The van der Waals surface area contributed by atoms with Crippen LogP contribution in [0.3, 0.4) is 0 Å². The summed E-state index contributed by atoms with van der Waals surface area (Å²) in [4.78, 5) is 180. The van der Waals surface area contributed by atoms with Crippen LogP contribution in [-0.4, -0.2) is 233 Å². The Morgan fingerprint density at radius 1 is 0.482 bits per heavy atom. The third-order valence-corrected chi connectivity index (χ3v) is 15.3. The number of nitrogens with two attached hydrogens (primary N) is 1. The highest BCUT2D eigenvalue weighted by Gasteiger charge is 2.42. The molecule has 1 heterocycles. The topological polar surface area (TPSA) is 322 Å². The number of hydrogen-bond donors (Lipinski definition) is 6. The van der Waals surface area contributed by atoms with Crippen LogP contribution in [0.1, 0.15) is 155 Å². The SMILES string of the molecule is CCC[C@@H]1NC(=O)[C@H](CC(C)C)N(C)C(=O)[C@H](CC(C)C)N(C)C(=O)[C@H](CC(C)C)N(C)C(=O)CN(CCO)C(=O)[C@@H](C)NC(=O)[C@@H](CCC(N)=O)NC(=O)[C@H](CC(C)C)N(C)C(=O)[C@H](C(C)C)NC(=O)[C@H](CC(C)C)N(C)C(=O)CN(C)C1=O. The highest BCUT2D eigenvalue weighted by atomic mass is 16.3. The van der Waals surface area contributed by atoms with E-state index in [2.05, 4.69) is 21.3 Å². The molecule has 1 aliphatic rings. The van der Waals surface area contributed by atoms with Gasteiger partial charge < -0.3 is 66.4 Å². The number of likely N-dealkylation sites (N-methyl/N-ethyl adjacent to an activating group) is 6. The third-order valence-electron chi connectivity index (χ3n) is 15.3. The molecule has 9 atom stereocenters. The average Bonchev–Trinajstić information content (AvgIpc) is 3.59. The highest BCUT2D eigenvalue weighted by molar-refractivity contribution is 5.99. The Morgan fingerprint density at radius 3 is 1.28 bits per heavy atom. The van der Waals surface area contributed by atoms with E-state index >= 15 is 0 Å². The molecule has 486 valence electrons. The standard InChI is InChI=1S/C60H108N12O13/c1-21-22-42-57(82)66(15)32-49(75)67(16)43(27-34(2)3)55(80)65-51(39(12)13)60(85)70(19)45(29-36(6)7)53(78)63-41(23-24-48(61)74)52(77)62-40(14)56(81)72(25-26-73)33-50(76)68(17)46(30-37(8)9)58(83)71(20)47(31-38(10)11)59(84)69(18)44(28-35(4)5)54(79)64-42/h34-47,51,73H,21-33H2,1-20H3,(H2,61,74)(H,62,77)(H,63,78)(H,64,79)(H,65,80)/t40-,41-,42+,43+,44+,45+,46+,47+,51+/m1/s1. The summed E-state index contributed by atoms with van der Waals surface area (Å²) < 4.78 is 0. The molecular weight excluding hydrogens is 1100 g/mol. The van der Waals surface area contributed by atoms with Gasteiger partial charge in [-0.15, -0.1) is 0 Å². The lowest BCUT2D eigenvalue weighted by Gasteiger charge is -2.39. The zero-order chi connectivity index (χ0) is 65.7. The number of aliphatic hydroxyl groups is 1. The van der Waals surface area contributed by atoms with E-state index in [9.17, 15) is 62.6 Å². The minimum atomic E-state index is -1.49.